The zero-order chi connectivity index (χ0) is 12.2. The van der Waals surface area contributed by atoms with Crippen LogP contribution in [0.5, 0.6) is 0 Å². The first-order valence-electron chi connectivity index (χ1n) is 5.36. The van der Waals surface area contributed by atoms with Crippen molar-refractivity contribution >= 4 is 5.97 Å². The predicted molar refractivity (Wildman–Crippen MR) is 53.2 cm³/mol. The molecule has 0 radical (unpaired) electrons. The summed E-state index contributed by atoms with van der Waals surface area (Å²) in [4.78, 5) is 10.7. The van der Waals surface area contributed by atoms with Crippen LogP contribution in [0.3, 0.4) is 0 Å². The van der Waals surface area contributed by atoms with Gasteiger partial charge in [-0.2, -0.15) is 8.78 Å². The highest BCUT2D eigenvalue weighted by Gasteiger charge is 2.50. The van der Waals surface area contributed by atoms with E-state index in [1.165, 1.54) is 0 Å². The molecule has 0 aromatic carbocycles. The maximum Gasteiger partial charge on any atom is 0.377 e. The molecule has 2 atom stereocenters. The molecule has 0 aromatic rings. The van der Waals surface area contributed by atoms with Gasteiger partial charge < -0.3 is 15.2 Å². The number of ether oxygens (including phenoxy) is 1. The Morgan fingerprint density at radius 3 is 2.88 bits per heavy atom. The number of carbonyl (C=O) groups excluding carboxylic acids is 1. The number of nitrogens with one attached hydrogen (secondary N) is 1. The number of carbonyl (C=O) groups is 1. The van der Waals surface area contributed by atoms with Gasteiger partial charge in [-0.1, -0.05) is 6.92 Å². The Morgan fingerprint density at radius 2 is 2.38 bits per heavy atom. The monoisotopic (exact) mass is 237 g/mol. The van der Waals surface area contributed by atoms with E-state index in [2.05, 4.69) is 10.1 Å². The normalized spacial score (nSPS) is 25.5. The molecule has 0 aliphatic carbocycles. The van der Waals surface area contributed by atoms with Crippen molar-refractivity contribution in [2.75, 3.05) is 19.7 Å². The Hall–Kier alpha value is -0.750. The van der Waals surface area contributed by atoms with Gasteiger partial charge in [-0.15, -0.1) is 0 Å². The fourth-order valence-electron chi connectivity index (χ4n) is 1.58. The molecule has 1 aliphatic heterocycles. The summed E-state index contributed by atoms with van der Waals surface area (Å²) in [7, 11) is 0. The SMILES string of the molecule is CC(CCO)CNCC1CC(F)(F)C(=O)O1. The molecule has 2 unspecified atom stereocenters. The van der Waals surface area contributed by atoms with E-state index in [1.807, 2.05) is 6.92 Å². The third kappa shape index (κ3) is 3.68. The lowest BCUT2D eigenvalue weighted by Crippen LogP contribution is -2.30. The molecule has 1 heterocycles. The minimum atomic E-state index is -3.33. The van der Waals surface area contributed by atoms with Crippen molar-refractivity contribution < 1.29 is 23.4 Å². The van der Waals surface area contributed by atoms with E-state index in [4.69, 9.17) is 5.11 Å². The van der Waals surface area contributed by atoms with E-state index < -0.39 is 24.4 Å². The second-order valence-corrected chi connectivity index (χ2v) is 4.21. The topological polar surface area (TPSA) is 58.6 Å². The molecule has 1 fully saturated rings. The highest BCUT2D eigenvalue weighted by Crippen LogP contribution is 2.30. The van der Waals surface area contributed by atoms with E-state index in [1.54, 1.807) is 0 Å². The summed E-state index contributed by atoms with van der Waals surface area (Å²) in [6, 6.07) is 0. The number of aliphatic hydroxyl groups excluding tert-OH is 1. The average Bonchev–Trinajstić information content (AvgIpc) is 2.41. The Bertz CT molecular complexity index is 248. The number of hydrogen-bond donors (Lipinski definition) is 2. The summed E-state index contributed by atoms with van der Waals surface area (Å²) < 4.78 is 30.0. The number of halogens is 2. The van der Waals surface area contributed by atoms with Gasteiger partial charge in [0.15, 0.2) is 0 Å². The number of esters is 1. The number of cyclic esters (lactones) is 1. The lowest BCUT2D eigenvalue weighted by atomic mass is 10.1. The molecule has 1 aliphatic rings. The molecule has 2 N–H and O–H groups in total. The van der Waals surface area contributed by atoms with Crippen molar-refractivity contribution in [3.05, 3.63) is 0 Å². The minimum Gasteiger partial charge on any atom is -0.456 e. The summed E-state index contributed by atoms with van der Waals surface area (Å²) in [5.74, 6) is -4.49. The average molecular weight is 237 g/mol. The summed E-state index contributed by atoms with van der Waals surface area (Å²) in [5, 5.41) is 11.6. The van der Waals surface area contributed by atoms with Crippen LogP contribution in [0, 0.1) is 5.92 Å². The van der Waals surface area contributed by atoms with Gasteiger partial charge in [0, 0.05) is 13.2 Å². The molecule has 6 heteroatoms. The molecule has 94 valence electrons. The Morgan fingerprint density at radius 1 is 1.69 bits per heavy atom. The molecule has 0 bridgehead atoms. The van der Waals surface area contributed by atoms with Gasteiger partial charge in [-0.25, -0.2) is 4.79 Å². The van der Waals surface area contributed by atoms with E-state index in [0.717, 1.165) is 0 Å². The molecule has 1 saturated heterocycles. The lowest BCUT2D eigenvalue weighted by Gasteiger charge is -2.13. The maximum absolute atomic E-state index is 12.8. The van der Waals surface area contributed by atoms with Gasteiger partial charge in [0.05, 0.1) is 6.42 Å². The van der Waals surface area contributed by atoms with Crippen LogP contribution in [-0.4, -0.2) is 42.8 Å². The summed E-state index contributed by atoms with van der Waals surface area (Å²) in [5.41, 5.74) is 0. The van der Waals surface area contributed by atoms with E-state index in [9.17, 15) is 13.6 Å². The lowest BCUT2D eigenvalue weighted by molar-refractivity contribution is -0.159. The van der Waals surface area contributed by atoms with E-state index in [-0.39, 0.29) is 19.1 Å². The zero-order valence-electron chi connectivity index (χ0n) is 9.21. The van der Waals surface area contributed by atoms with Crippen LogP contribution in [0.4, 0.5) is 8.78 Å². The summed E-state index contributed by atoms with van der Waals surface area (Å²) >= 11 is 0. The molecule has 0 amide bonds. The van der Waals surface area contributed by atoms with Crippen LogP contribution in [0.2, 0.25) is 0 Å². The van der Waals surface area contributed by atoms with Crippen LogP contribution in [-0.2, 0) is 9.53 Å². The van der Waals surface area contributed by atoms with Crippen LogP contribution in [0.1, 0.15) is 19.8 Å². The standard InChI is InChI=1S/C10H17F2NO3/c1-7(2-3-14)5-13-6-8-4-10(11,12)9(15)16-8/h7-8,13-14H,2-6H2,1H3. The highest BCUT2D eigenvalue weighted by atomic mass is 19.3. The number of alkyl halides is 2. The molecular weight excluding hydrogens is 220 g/mol. The number of aliphatic hydroxyl groups is 1. The minimum absolute atomic E-state index is 0.110. The first-order chi connectivity index (χ1) is 7.45. The molecule has 0 saturated carbocycles. The van der Waals surface area contributed by atoms with Gasteiger partial charge in [0.1, 0.15) is 6.10 Å². The summed E-state index contributed by atoms with van der Waals surface area (Å²) in [6.45, 7) is 2.90. The van der Waals surface area contributed by atoms with Gasteiger partial charge in [0.25, 0.3) is 0 Å². The third-order valence-electron chi connectivity index (χ3n) is 2.54. The van der Waals surface area contributed by atoms with Crippen molar-refractivity contribution in [3.63, 3.8) is 0 Å². The smallest absolute Gasteiger partial charge is 0.377 e. The molecule has 0 aromatic heterocycles. The quantitative estimate of drug-likeness (QED) is 0.662. The van der Waals surface area contributed by atoms with Crippen LogP contribution in [0.25, 0.3) is 0 Å². The second kappa shape index (κ2) is 5.54. The highest BCUT2D eigenvalue weighted by molar-refractivity contribution is 5.79. The van der Waals surface area contributed by atoms with Crippen molar-refractivity contribution in [3.8, 4) is 0 Å². The van der Waals surface area contributed by atoms with E-state index in [0.29, 0.717) is 13.0 Å². The van der Waals surface area contributed by atoms with Crippen LogP contribution < -0.4 is 5.32 Å². The molecule has 1 rings (SSSR count). The fraction of sp³-hybridized carbons (Fsp3) is 0.900. The van der Waals surface area contributed by atoms with Crippen molar-refractivity contribution in [1.82, 2.24) is 5.32 Å². The Labute approximate surface area is 93.0 Å². The van der Waals surface area contributed by atoms with E-state index >= 15 is 0 Å². The fourth-order valence-corrected chi connectivity index (χ4v) is 1.58. The van der Waals surface area contributed by atoms with Crippen molar-refractivity contribution in [2.45, 2.75) is 31.8 Å². The van der Waals surface area contributed by atoms with Gasteiger partial charge in [-0.3, -0.25) is 0 Å². The molecule has 16 heavy (non-hydrogen) atoms. The molecule has 0 spiro atoms. The Balaban J connectivity index is 2.18. The number of rotatable bonds is 6. The largest absolute Gasteiger partial charge is 0.456 e. The van der Waals surface area contributed by atoms with Gasteiger partial charge >= 0.3 is 11.9 Å². The zero-order valence-corrected chi connectivity index (χ0v) is 9.21. The maximum atomic E-state index is 12.8. The van der Waals surface area contributed by atoms with Crippen molar-refractivity contribution in [2.24, 2.45) is 5.92 Å². The Kier molecular flexibility index (Phi) is 4.61. The van der Waals surface area contributed by atoms with Gasteiger partial charge in [-0.05, 0) is 18.9 Å². The van der Waals surface area contributed by atoms with Crippen molar-refractivity contribution in [1.29, 1.82) is 0 Å². The first-order valence-corrected chi connectivity index (χ1v) is 5.36. The predicted octanol–water partition coefficient (Wildman–Crippen LogP) is 0.545. The number of hydrogen-bond acceptors (Lipinski definition) is 4. The van der Waals surface area contributed by atoms with Crippen LogP contribution >= 0.6 is 0 Å². The second-order valence-electron chi connectivity index (χ2n) is 4.21. The molecule has 4 nitrogen and oxygen atoms in total. The van der Waals surface area contributed by atoms with Gasteiger partial charge in [0.2, 0.25) is 0 Å². The first kappa shape index (κ1) is 13.3. The molecular formula is C10H17F2NO3. The summed E-state index contributed by atoms with van der Waals surface area (Å²) in [6.07, 6.45) is -0.635. The third-order valence-corrected chi connectivity index (χ3v) is 2.54. The van der Waals surface area contributed by atoms with Crippen LogP contribution in [0.15, 0.2) is 0 Å².